The van der Waals surface area contributed by atoms with E-state index < -0.39 is 6.10 Å². The van der Waals surface area contributed by atoms with E-state index in [1.54, 1.807) is 54.6 Å². The maximum absolute atomic E-state index is 13.0. The Balaban J connectivity index is 1.30. The first-order valence-corrected chi connectivity index (χ1v) is 12.8. The third-order valence-corrected chi connectivity index (χ3v) is 6.93. The van der Waals surface area contributed by atoms with Crippen molar-refractivity contribution in [2.45, 2.75) is 6.10 Å². The van der Waals surface area contributed by atoms with Gasteiger partial charge < -0.3 is 24.4 Å². The van der Waals surface area contributed by atoms with Gasteiger partial charge >= 0.3 is 0 Å². The smallest absolute Gasteiger partial charge is 0.255 e. The molecular formula is C28H24Cl2N4O5. The molecule has 9 nitrogen and oxygen atoms in total. The Morgan fingerprint density at radius 1 is 1.08 bits per heavy atom. The van der Waals surface area contributed by atoms with Crippen LogP contribution in [0.1, 0.15) is 10.4 Å². The lowest BCUT2D eigenvalue weighted by Gasteiger charge is -2.32. The number of hydrogen-bond donors (Lipinski definition) is 1. The molecule has 1 aliphatic heterocycles. The molecule has 1 unspecified atom stereocenters. The zero-order valence-corrected chi connectivity index (χ0v) is 22.4. The van der Waals surface area contributed by atoms with Crippen molar-refractivity contribution < 1.29 is 23.8 Å². The molecule has 4 aromatic rings. The van der Waals surface area contributed by atoms with E-state index in [0.717, 1.165) is 0 Å². The van der Waals surface area contributed by atoms with Gasteiger partial charge in [-0.15, -0.1) is 0 Å². The van der Waals surface area contributed by atoms with E-state index >= 15 is 0 Å². The highest BCUT2D eigenvalue weighted by Gasteiger charge is 2.32. The van der Waals surface area contributed by atoms with E-state index in [1.165, 1.54) is 18.3 Å². The van der Waals surface area contributed by atoms with Gasteiger partial charge in [0.1, 0.15) is 18.8 Å². The number of hydrogen-bond acceptors (Lipinski definition) is 8. The second-order valence-corrected chi connectivity index (χ2v) is 9.53. The number of carbonyl (C=O) groups excluding carboxylic acids is 2. The van der Waals surface area contributed by atoms with Gasteiger partial charge in [0.05, 0.1) is 35.8 Å². The number of aromatic nitrogens is 2. The largest absolute Gasteiger partial charge is 0.493 e. The molecule has 0 bridgehead atoms. The maximum Gasteiger partial charge on any atom is 0.255 e. The van der Waals surface area contributed by atoms with Gasteiger partial charge in [0.25, 0.3) is 5.91 Å². The zero-order valence-electron chi connectivity index (χ0n) is 20.9. The van der Waals surface area contributed by atoms with E-state index in [2.05, 4.69) is 15.3 Å². The number of methoxy groups -OCH3 is 1. The molecule has 1 N–H and O–H groups in total. The molecule has 1 amide bonds. The quantitative estimate of drug-likeness (QED) is 0.276. The van der Waals surface area contributed by atoms with Gasteiger partial charge in [-0.25, -0.2) is 9.97 Å². The van der Waals surface area contributed by atoms with Crippen LogP contribution in [0.5, 0.6) is 11.5 Å². The first-order valence-electron chi connectivity index (χ1n) is 12.1. The van der Waals surface area contributed by atoms with Gasteiger partial charge in [-0.2, -0.15) is 0 Å². The lowest BCUT2D eigenvalue weighted by molar-refractivity contribution is -0.154. The molecule has 0 radical (unpaired) electrons. The fourth-order valence-corrected chi connectivity index (χ4v) is 4.47. The number of ether oxygens (including phenoxy) is 3. The number of nitrogens with zero attached hydrogens (tertiary/aromatic N) is 3. The molecule has 1 atom stereocenters. The number of fused-ring (bicyclic) bond motifs is 1. The van der Waals surface area contributed by atoms with Gasteiger partial charge in [0, 0.05) is 29.2 Å². The average molecular weight is 567 g/mol. The van der Waals surface area contributed by atoms with Gasteiger partial charge in [0.2, 0.25) is 0 Å². The van der Waals surface area contributed by atoms with Gasteiger partial charge in [0.15, 0.2) is 23.4 Å². The topological polar surface area (TPSA) is 103 Å². The highest BCUT2D eigenvalue weighted by Crippen LogP contribution is 2.35. The van der Waals surface area contributed by atoms with Crippen LogP contribution >= 0.6 is 23.2 Å². The molecule has 1 saturated heterocycles. The van der Waals surface area contributed by atoms with E-state index in [-0.39, 0.29) is 24.8 Å². The second-order valence-electron chi connectivity index (χ2n) is 8.72. The number of rotatable bonds is 9. The van der Waals surface area contributed by atoms with Crippen LogP contribution in [0, 0.1) is 0 Å². The Morgan fingerprint density at radius 3 is 2.67 bits per heavy atom. The summed E-state index contributed by atoms with van der Waals surface area (Å²) in [6.45, 7) is 0.552. The first-order chi connectivity index (χ1) is 18.9. The Morgan fingerprint density at radius 2 is 1.90 bits per heavy atom. The number of halogens is 2. The summed E-state index contributed by atoms with van der Waals surface area (Å²) < 4.78 is 17.2. The second kappa shape index (κ2) is 11.9. The van der Waals surface area contributed by atoms with Crippen molar-refractivity contribution in [3.63, 3.8) is 0 Å². The number of benzene rings is 3. The zero-order chi connectivity index (χ0) is 27.4. The van der Waals surface area contributed by atoms with Crippen molar-refractivity contribution in [3.8, 4) is 11.5 Å². The number of morpholine rings is 1. The lowest BCUT2D eigenvalue weighted by Crippen LogP contribution is -2.51. The molecule has 2 heterocycles. The molecule has 0 saturated carbocycles. The van der Waals surface area contributed by atoms with Crippen LogP contribution in [-0.4, -0.2) is 66.1 Å². The minimum Gasteiger partial charge on any atom is -0.493 e. The SMILES string of the molecule is COc1cc2c(Nc3ccc(Cl)c(Cl)c3)ncnc2cc1OCC1OCCN(CC(=O)c2ccccc2)C1=O. The van der Waals surface area contributed by atoms with Crippen LogP contribution in [0.3, 0.4) is 0 Å². The number of amides is 1. The average Bonchev–Trinajstić information content (AvgIpc) is 2.95. The van der Waals surface area contributed by atoms with E-state index in [1.807, 2.05) is 6.07 Å². The molecule has 1 aromatic heterocycles. The van der Waals surface area contributed by atoms with Gasteiger partial charge in [-0.1, -0.05) is 53.5 Å². The summed E-state index contributed by atoms with van der Waals surface area (Å²) >= 11 is 12.2. The van der Waals surface area contributed by atoms with Gasteiger partial charge in [-0.3, -0.25) is 9.59 Å². The number of anilines is 2. The van der Waals surface area contributed by atoms with Crippen LogP contribution in [0.2, 0.25) is 10.0 Å². The summed E-state index contributed by atoms with van der Waals surface area (Å²) in [4.78, 5) is 35.9. The highest BCUT2D eigenvalue weighted by atomic mass is 35.5. The summed E-state index contributed by atoms with van der Waals surface area (Å²) in [5.41, 5.74) is 1.85. The number of nitrogens with one attached hydrogen (secondary N) is 1. The Bertz CT molecular complexity index is 1520. The van der Waals surface area contributed by atoms with Crippen LogP contribution < -0.4 is 14.8 Å². The van der Waals surface area contributed by atoms with E-state index in [4.69, 9.17) is 37.4 Å². The summed E-state index contributed by atoms with van der Waals surface area (Å²) in [6, 6.07) is 17.5. The molecule has 3 aromatic carbocycles. The minimum absolute atomic E-state index is 0.0203. The summed E-state index contributed by atoms with van der Waals surface area (Å²) in [6.07, 6.45) is 0.563. The molecule has 11 heteroatoms. The van der Waals surface area contributed by atoms with Gasteiger partial charge in [-0.05, 0) is 24.3 Å². The molecule has 0 aliphatic carbocycles. The molecule has 1 fully saturated rings. The standard InChI is InChI=1S/C28H24Cl2N4O5/c1-37-24-12-19-22(31-16-32-27(19)33-18-7-8-20(29)21(30)11-18)13-25(24)39-15-26-28(36)34(9-10-38-26)14-23(35)17-5-3-2-4-6-17/h2-8,11-13,16,26H,9-10,14-15H2,1H3,(H,31,32,33). The summed E-state index contributed by atoms with van der Waals surface area (Å²) in [5, 5.41) is 4.76. The van der Waals surface area contributed by atoms with Crippen LogP contribution in [0.15, 0.2) is 67.0 Å². The van der Waals surface area contributed by atoms with E-state index in [0.29, 0.717) is 62.7 Å². The fourth-order valence-electron chi connectivity index (χ4n) is 4.17. The van der Waals surface area contributed by atoms with E-state index in [9.17, 15) is 9.59 Å². The Labute approximate surface area is 234 Å². The summed E-state index contributed by atoms with van der Waals surface area (Å²) in [7, 11) is 1.52. The molecule has 1 aliphatic rings. The number of carbonyl (C=O) groups is 2. The Kier molecular flexibility index (Phi) is 8.11. The molecule has 39 heavy (non-hydrogen) atoms. The van der Waals surface area contributed by atoms with Crippen LogP contribution in [0.25, 0.3) is 10.9 Å². The molecule has 5 rings (SSSR count). The number of ketones is 1. The highest BCUT2D eigenvalue weighted by molar-refractivity contribution is 6.42. The predicted octanol–water partition coefficient (Wildman–Crippen LogP) is 5.18. The monoisotopic (exact) mass is 566 g/mol. The van der Waals surface area contributed by atoms with Crippen molar-refractivity contribution in [3.05, 3.63) is 82.6 Å². The van der Waals surface area contributed by atoms with Crippen molar-refractivity contribution in [1.29, 1.82) is 0 Å². The number of Topliss-reactive ketones (excluding diaryl/α,β-unsaturated/α-hetero) is 1. The first kappa shape index (κ1) is 26.7. The lowest BCUT2D eigenvalue weighted by atomic mass is 10.1. The fraction of sp³-hybridized carbons (Fsp3) is 0.214. The third-order valence-electron chi connectivity index (χ3n) is 6.19. The van der Waals surface area contributed by atoms with Crippen molar-refractivity contribution in [2.24, 2.45) is 0 Å². The van der Waals surface area contributed by atoms with Crippen LogP contribution in [0.4, 0.5) is 11.5 Å². The normalized spacial score (nSPS) is 15.3. The molecule has 0 spiro atoms. The minimum atomic E-state index is -0.861. The van der Waals surface area contributed by atoms with Crippen LogP contribution in [-0.2, 0) is 9.53 Å². The van der Waals surface area contributed by atoms with Crippen molar-refractivity contribution >= 4 is 57.3 Å². The molecule has 200 valence electrons. The van der Waals surface area contributed by atoms with Crippen molar-refractivity contribution in [2.75, 3.05) is 38.7 Å². The third kappa shape index (κ3) is 6.06. The Hall–Kier alpha value is -3.92. The summed E-state index contributed by atoms with van der Waals surface area (Å²) in [5.74, 6) is 0.909. The molecular weight excluding hydrogens is 543 g/mol. The predicted molar refractivity (Wildman–Crippen MR) is 148 cm³/mol. The maximum atomic E-state index is 13.0. The van der Waals surface area contributed by atoms with Crippen molar-refractivity contribution in [1.82, 2.24) is 14.9 Å².